The van der Waals surface area contributed by atoms with Crippen molar-refractivity contribution in [3.63, 3.8) is 0 Å². The zero-order valence-corrected chi connectivity index (χ0v) is 10.9. The number of rotatable bonds is 5. The minimum absolute atomic E-state index is 0.0610. The average molecular weight is 251 g/mol. The SMILES string of the molecule is CCN(C)C(=O)CNc1ccc(C(N)=S)cc1. The topological polar surface area (TPSA) is 58.4 Å². The largest absolute Gasteiger partial charge is 0.389 e. The van der Waals surface area contributed by atoms with Gasteiger partial charge in [-0.2, -0.15) is 0 Å². The van der Waals surface area contributed by atoms with Gasteiger partial charge in [0, 0.05) is 24.8 Å². The van der Waals surface area contributed by atoms with Crippen LogP contribution in [0.4, 0.5) is 5.69 Å². The number of likely N-dealkylation sites (N-methyl/N-ethyl adjacent to an activating group) is 1. The molecule has 1 amide bonds. The molecule has 0 aliphatic carbocycles. The Morgan fingerprint density at radius 3 is 2.47 bits per heavy atom. The lowest BCUT2D eigenvalue weighted by Crippen LogP contribution is -2.31. The Morgan fingerprint density at radius 2 is 2.00 bits per heavy atom. The van der Waals surface area contributed by atoms with Gasteiger partial charge in [0.2, 0.25) is 5.91 Å². The van der Waals surface area contributed by atoms with Crippen molar-refractivity contribution in [2.45, 2.75) is 6.92 Å². The first-order chi connectivity index (χ1) is 8.04. The van der Waals surface area contributed by atoms with Crippen molar-refractivity contribution in [1.82, 2.24) is 4.90 Å². The molecule has 1 aromatic carbocycles. The van der Waals surface area contributed by atoms with Crippen LogP contribution in [0.2, 0.25) is 0 Å². The monoisotopic (exact) mass is 251 g/mol. The highest BCUT2D eigenvalue weighted by molar-refractivity contribution is 7.80. The van der Waals surface area contributed by atoms with E-state index in [1.807, 2.05) is 31.2 Å². The van der Waals surface area contributed by atoms with Crippen molar-refractivity contribution in [2.75, 3.05) is 25.5 Å². The van der Waals surface area contributed by atoms with Gasteiger partial charge in [0.25, 0.3) is 0 Å². The van der Waals surface area contributed by atoms with Crippen LogP contribution >= 0.6 is 12.2 Å². The summed E-state index contributed by atoms with van der Waals surface area (Å²) >= 11 is 4.86. The molecule has 1 rings (SSSR count). The minimum Gasteiger partial charge on any atom is -0.389 e. The molecule has 0 fully saturated rings. The van der Waals surface area contributed by atoms with E-state index in [4.69, 9.17) is 18.0 Å². The Bertz CT molecular complexity index is 403. The van der Waals surface area contributed by atoms with E-state index in [0.717, 1.165) is 11.3 Å². The molecule has 3 N–H and O–H groups in total. The van der Waals surface area contributed by atoms with Gasteiger partial charge in [-0.15, -0.1) is 0 Å². The summed E-state index contributed by atoms with van der Waals surface area (Å²) in [6.45, 7) is 2.94. The molecule has 0 heterocycles. The van der Waals surface area contributed by atoms with E-state index in [-0.39, 0.29) is 12.5 Å². The van der Waals surface area contributed by atoms with Crippen LogP contribution in [0, 0.1) is 0 Å². The molecule has 4 nitrogen and oxygen atoms in total. The number of anilines is 1. The summed E-state index contributed by atoms with van der Waals surface area (Å²) in [7, 11) is 1.78. The molecule has 17 heavy (non-hydrogen) atoms. The molecular formula is C12H17N3OS. The smallest absolute Gasteiger partial charge is 0.241 e. The maximum absolute atomic E-state index is 11.5. The molecule has 0 aromatic heterocycles. The van der Waals surface area contributed by atoms with Crippen LogP contribution in [0.25, 0.3) is 0 Å². The zero-order chi connectivity index (χ0) is 12.8. The van der Waals surface area contributed by atoms with Crippen molar-refractivity contribution in [1.29, 1.82) is 0 Å². The van der Waals surface area contributed by atoms with Crippen LogP contribution in [0.1, 0.15) is 12.5 Å². The summed E-state index contributed by atoms with van der Waals surface area (Å²) in [5, 5.41) is 3.05. The number of carbonyl (C=O) groups is 1. The molecule has 0 aliphatic heterocycles. The molecule has 5 heteroatoms. The van der Waals surface area contributed by atoms with Crippen LogP contribution in [-0.4, -0.2) is 35.9 Å². The van der Waals surface area contributed by atoms with Gasteiger partial charge in [0.05, 0.1) is 6.54 Å². The van der Waals surface area contributed by atoms with Gasteiger partial charge in [0.1, 0.15) is 4.99 Å². The van der Waals surface area contributed by atoms with Crippen LogP contribution < -0.4 is 11.1 Å². The predicted octanol–water partition coefficient (Wildman–Crippen LogP) is 1.21. The molecule has 0 unspecified atom stereocenters. The third kappa shape index (κ3) is 4.03. The Balaban J connectivity index is 2.53. The molecule has 0 saturated heterocycles. The van der Waals surface area contributed by atoms with Crippen molar-refractivity contribution in [3.05, 3.63) is 29.8 Å². The van der Waals surface area contributed by atoms with E-state index in [1.165, 1.54) is 0 Å². The first-order valence-corrected chi connectivity index (χ1v) is 5.83. The number of nitrogens with one attached hydrogen (secondary N) is 1. The van der Waals surface area contributed by atoms with E-state index in [1.54, 1.807) is 11.9 Å². The number of thiocarbonyl (C=S) groups is 1. The van der Waals surface area contributed by atoms with E-state index in [9.17, 15) is 4.79 Å². The summed E-state index contributed by atoms with van der Waals surface area (Å²) < 4.78 is 0. The van der Waals surface area contributed by atoms with E-state index >= 15 is 0 Å². The summed E-state index contributed by atoms with van der Waals surface area (Å²) in [4.78, 5) is 13.6. The second-order valence-electron chi connectivity index (χ2n) is 3.70. The third-order valence-corrected chi connectivity index (χ3v) is 2.75. The summed E-state index contributed by atoms with van der Waals surface area (Å²) in [5.74, 6) is 0.0610. The Kier molecular flexibility index (Phi) is 4.90. The maximum Gasteiger partial charge on any atom is 0.241 e. The van der Waals surface area contributed by atoms with Crippen LogP contribution in [0.3, 0.4) is 0 Å². The molecule has 0 aliphatic rings. The van der Waals surface area contributed by atoms with Gasteiger partial charge in [0.15, 0.2) is 0 Å². The number of nitrogens with zero attached hydrogens (tertiary/aromatic N) is 1. The van der Waals surface area contributed by atoms with E-state index in [0.29, 0.717) is 11.5 Å². The molecule has 1 aromatic rings. The summed E-state index contributed by atoms with van der Waals surface area (Å²) in [6.07, 6.45) is 0. The maximum atomic E-state index is 11.5. The molecular weight excluding hydrogens is 234 g/mol. The highest BCUT2D eigenvalue weighted by atomic mass is 32.1. The van der Waals surface area contributed by atoms with Crippen molar-refractivity contribution in [2.24, 2.45) is 5.73 Å². The summed E-state index contributed by atoms with van der Waals surface area (Å²) in [5.41, 5.74) is 7.19. The second kappa shape index (κ2) is 6.20. The van der Waals surface area contributed by atoms with Gasteiger partial charge in [-0.1, -0.05) is 12.2 Å². The predicted molar refractivity (Wildman–Crippen MR) is 74.1 cm³/mol. The highest BCUT2D eigenvalue weighted by Gasteiger charge is 2.05. The normalized spacial score (nSPS) is 9.76. The fourth-order valence-corrected chi connectivity index (χ4v) is 1.38. The van der Waals surface area contributed by atoms with Crippen LogP contribution in [0.5, 0.6) is 0 Å². The number of benzene rings is 1. The second-order valence-corrected chi connectivity index (χ2v) is 4.14. The molecule has 0 atom stereocenters. The number of hydrogen-bond donors (Lipinski definition) is 2. The van der Waals surface area contributed by atoms with Crippen molar-refractivity contribution >= 4 is 28.8 Å². The lowest BCUT2D eigenvalue weighted by Gasteiger charge is -2.15. The number of carbonyl (C=O) groups excluding carboxylic acids is 1. The summed E-state index contributed by atoms with van der Waals surface area (Å²) in [6, 6.07) is 7.37. The lowest BCUT2D eigenvalue weighted by atomic mass is 10.2. The minimum atomic E-state index is 0.0610. The van der Waals surface area contributed by atoms with Gasteiger partial charge in [-0.3, -0.25) is 4.79 Å². The zero-order valence-electron chi connectivity index (χ0n) is 10.1. The molecule has 92 valence electrons. The fraction of sp³-hybridized carbons (Fsp3) is 0.333. The fourth-order valence-electron chi connectivity index (χ4n) is 1.24. The quantitative estimate of drug-likeness (QED) is 0.772. The standard InChI is InChI=1S/C12H17N3OS/c1-3-15(2)11(16)8-14-10-6-4-9(5-7-10)12(13)17/h4-7,14H,3,8H2,1-2H3,(H2,13,17). The van der Waals surface area contributed by atoms with Gasteiger partial charge in [-0.05, 0) is 31.2 Å². The van der Waals surface area contributed by atoms with E-state index in [2.05, 4.69) is 5.32 Å². The third-order valence-electron chi connectivity index (χ3n) is 2.51. The van der Waals surface area contributed by atoms with E-state index < -0.39 is 0 Å². The highest BCUT2D eigenvalue weighted by Crippen LogP contribution is 2.09. The molecule has 0 radical (unpaired) electrons. The first kappa shape index (κ1) is 13.4. The lowest BCUT2D eigenvalue weighted by molar-refractivity contribution is -0.127. The molecule has 0 bridgehead atoms. The number of nitrogens with two attached hydrogens (primary N) is 1. The van der Waals surface area contributed by atoms with Crippen molar-refractivity contribution < 1.29 is 4.79 Å². The molecule has 0 saturated carbocycles. The Labute approximate surface area is 107 Å². The van der Waals surface area contributed by atoms with Crippen LogP contribution in [0.15, 0.2) is 24.3 Å². The van der Waals surface area contributed by atoms with Gasteiger partial charge < -0.3 is 16.0 Å². The van der Waals surface area contributed by atoms with Crippen LogP contribution in [-0.2, 0) is 4.79 Å². The van der Waals surface area contributed by atoms with Crippen molar-refractivity contribution in [3.8, 4) is 0 Å². The van der Waals surface area contributed by atoms with Gasteiger partial charge in [-0.25, -0.2) is 0 Å². The molecule has 0 spiro atoms. The number of amides is 1. The Morgan fingerprint density at radius 1 is 1.41 bits per heavy atom. The Hall–Kier alpha value is -1.62. The van der Waals surface area contributed by atoms with Gasteiger partial charge >= 0.3 is 0 Å². The number of hydrogen-bond acceptors (Lipinski definition) is 3. The average Bonchev–Trinajstić information content (AvgIpc) is 2.35. The first-order valence-electron chi connectivity index (χ1n) is 5.42.